The summed E-state index contributed by atoms with van der Waals surface area (Å²) in [4.78, 5) is 17.5. The first-order valence-corrected chi connectivity index (χ1v) is 11.6. The zero-order valence-corrected chi connectivity index (χ0v) is 18.1. The lowest BCUT2D eigenvalue weighted by atomic mass is 9.79. The lowest BCUT2D eigenvalue weighted by Gasteiger charge is -2.49. The van der Waals surface area contributed by atoms with Crippen molar-refractivity contribution in [3.05, 3.63) is 35.9 Å². The number of aromatic nitrogens is 1. The van der Waals surface area contributed by atoms with Crippen LogP contribution in [-0.2, 0) is 4.74 Å². The second-order valence-corrected chi connectivity index (χ2v) is 9.13. The van der Waals surface area contributed by atoms with Crippen molar-refractivity contribution < 1.29 is 14.3 Å². The summed E-state index contributed by atoms with van der Waals surface area (Å²) in [5.41, 5.74) is 0.665. The largest absolute Gasteiger partial charge is 0.438 e. The predicted molar refractivity (Wildman–Crippen MR) is 117 cm³/mol. The highest BCUT2D eigenvalue weighted by Gasteiger charge is 2.40. The molecule has 0 radical (unpaired) electrons. The third-order valence-electron chi connectivity index (χ3n) is 6.61. The van der Waals surface area contributed by atoms with Crippen LogP contribution in [0.2, 0.25) is 0 Å². The number of amides is 1. The molecule has 5 heterocycles. The van der Waals surface area contributed by atoms with E-state index in [1.807, 2.05) is 30.3 Å². The molecule has 8 heteroatoms. The van der Waals surface area contributed by atoms with Crippen LogP contribution in [0.1, 0.15) is 30.1 Å². The lowest BCUT2D eigenvalue weighted by molar-refractivity contribution is 0.0217. The van der Waals surface area contributed by atoms with Gasteiger partial charge in [-0.15, -0.1) is 0 Å². The minimum atomic E-state index is -0.00425. The Labute approximate surface area is 181 Å². The molecule has 6 rings (SSSR count). The standard InChI is InChI=1S/C22H28N4O3S/c1-15-21(16-6-8-25(15)9-7-16)23-22(27)17-2-4-18(5-3-17)29-19-14-20(30-24-19)26-10-12-28-13-11-26/h2-5,14-16,21H,6-13H2,1H3,(H,23,27)/t15-,21-/m0/s1. The van der Waals surface area contributed by atoms with Crippen LogP contribution in [0.25, 0.3) is 0 Å². The van der Waals surface area contributed by atoms with Crippen molar-refractivity contribution in [1.82, 2.24) is 14.6 Å². The number of benzene rings is 1. The number of carbonyl (C=O) groups excluding carboxylic acids is 1. The van der Waals surface area contributed by atoms with Gasteiger partial charge in [0.25, 0.3) is 5.91 Å². The van der Waals surface area contributed by atoms with E-state index >= 15 is 0 Å². The van der Waals surface area contributed by atoms with Crippen LogP contribution < -0.4 is 15.0 Å². The molecule has 2 atom stereocenters. The Kier molecular flexibility index (Phi) is 5.62. The van der Waals surface area contributed by atoms with Crippen molar-refractivity contribution in [2.45, 2.75) is 31.8 Å². The smallest absolute Gasteiger partial charge is 0.251 e. The predicted octanol–water partition coefficient (Wildman–Crippen LogP) is 2.98. The number of hydrogen-bond donors (Lipinski definition) is 1. The van der Waals surface area contributed by atoms with E-state index in [0.29, 0.717) is 29.2 Å². The summed E-state index contributed by atoms with van der Waals surface area (Å²) in [6.07, 6.45) is 2.37. The molecule has 1 amide bonds. The maximum atomic E-state index is 12.8. The molecular weight excluding hydrogens is 400 g/mol. The highest BCUT2D eigenvalue weighted by molar-refractivity contribution is 7.10. The number of carbonyl (C=O) groups is 1. The van der Waals surface area contributed by atoms with Gasteiger partial charge in [0.2, 0.25) is 5.88 Å². The highest BCUT2D eigenvalue weighted by atomic mass is 32.1. The molecule has 1 aromatic carbocycles. The Morgan fingerprint density at radius 1 is 1.17 bits per heavy atom. The van der Waals surface area contributed by atoms with Crippen molar-refractivity contribution in [1.29, 1.82) is 0 Å². The van der Waals surface area contributed by atoms with Gasteiger partial charge >= 0.3 is 0 Å². The molecule has 30 heavy (non-hydrogen) atoms. The van der Waals surface area contributed by atoms with Gasteiger partial charge in [0.1, 0.15) is 10.8 Å². The maximum absolute atomic E-state index is 12.8. The number of nitrogens with one attached hydrogen (secondary N) is 1. The van der Waals surface area contributed by atoms with Gasteiger partial charge in [-0.3, -0.25) is 9.69 Å². The monoisotopic (exact) mass is 428 g/mol. The zero-order chi connectivity index (χ0) is 20.5. The number of fused-ring (bicyclic) bond motifs is 3. The fourth-order valence-electron chi connectivity index (χ4n) is 4.81. The van der Waals surface area contributed by atoms with Gasteiger partial charge in [0.05, 0.1) is 13.2 Å². The summed E-state index contributed by atoms with van der Waals surface area (Å²) in [5, 5.41) is 4.37. The summed E-state index contributed by atoms with van der Waals surface area (Å²) in [5.74, 6) is 1.86. The van der Waals surface area contributed by atoms with Gasteiger partial charge in [-0.1, -0.05) is 0 Å². The number of ether oxygens (including phenoxy) is 2. The van der Waals surface area contributed by atoms with E-state index in [0.717, 1.165) is 44.4 Å². The summed E-state index contributed by atoms with van der Waals surface area (Å²) in [7, 11) is 0. The molecule has 160 valence electrons. The first-order valence-electron chi connectivity index (χ1n) is 10.8. The molecular formula is C22H28N4O3S. The van der Waals surface area contributed by atoms with Crippen molar-refractivity contribution in [2.24, 2.45) is 5.92 Å². The average Bonchev–Trinajstić information content (AvgIpc) is 3.26. The van der Waals surface area contributed by atoms with Gasteiger partial charge in [-0.2, -0.15) is 4.37 Å². The molecule has 2 aromatic rings. The number of nitrogens with zero attached hydrogens (tertiary/aromatic N) is 3. The zero-order valence-electron chi connectivity index (χ0n) is 17.3. The molecule has 4 saturated heterocycles. The fourth-order valence-corrected chi connectivity index (χ4v) is 5.53. The fraction of sp³-hybridized carbons (Fsp3) is 0.545. The summed E-state index contributed by atoms with van der Waals surface area (Å²) < 4.78 is 15.7. The van der Waals surface area contributed by atoms with Crippen molar-refractivity contribution in [2.75, 3.05) is 44.3 Å². The Morgan fingerprint density at radius 2 is 1.90 bits per heavy atom. The van der Waals surface area contributed by atoms with Crippen LogP contribution in [0.4, 0.5) is 5.00 Å². The van der Waals surface area contributed by atoms with Crippen molar-refractivity contribution in [3.8, 4) is 11.6 Å². The minimum absolute atomic E-state index is 0.00425. The van der Waals surface area contributed by atoms with E-state index in [1.165, 1.54) is 24.4 Å². The first-order chi connectivity index (χ1) is 14.7. The Bertz CT molecular complexity index is 871. The molecule has 0 spiro atoms. The van der Waals surface area contributed by atoms with Gasteiger partial charge in [-0.25, -0.2) is 0 Å². The van der Waals surface area contributed by atoms with Crippen LogP contribution in [0.5, 0.6) is 11.6 Å². The Balaban J connectivity index is 1.19. The van der Waals surface area contributed by atoms with Gasteiger partial charge in [0, 0.05) is 36.8 Å². The molecule has 7 nitrogen and oxygen atoms in total. The molecule has 4 fully saturated rings. The summed E-state index contributed by atoms with van der Waals surface area (Å²) >= 11 is 1.44. The van der Waals surface area contributed by atoms with Gasteiger partial charge in [0.15, 0.2) is 0 Å². The van der Waals surface area contributed by atoms with Crippen LogP contribution in [0, 0.1) is 5.92 Å². The quantitative estimate of drug-likeness (QED) is 0.790. The van der Waals surface area contributed by atoms with E-state index < -0.39 is 0 Å². The SMILES string of the molecule is C[C@H]1[C@H](NC(=O)c2ccc(Oc3cc(N4CCOCC4)sn3)cc2)C2CCN1CC2. The molecule has 0 saturated carbocycles. The second-order valence-electron chi connectivity index (χ2n) is 8.34. The van der Waals surface area contributed by atoms with Crippen LogP contribution >= 0.6 is 11.5 Å². The maximum Gasteiger partial charge on any atom is 0.251 e. The molecule has 1 N–H and O–H groups in total. The van der Waals surface area contributed by atoms with E-state index in [2.05, 4.69) is 26.4 Å². The van der Waals surface area contributed by atoms with Crippen LogP contribution in [0.15, 0.2) is 30.3 Å². The number of hydrogen-bond acceptors (Lipinski definition) is 7. The van der Waals surface area contributed by atoms with Crippen molar-refractivity contribution >= 4 is 22.4 Å². The molecule has 2 bridgehead atoms. The third-order valence-corrected chi connectivity index (χ3v) is 7.45. The van der Waals surface area contributed by atoms with E-state index in [4.69, 9.17) is 9.47 Å². The number of anilines is 1. The number of rotatable bonds is 5. The normalized spacial score (nSPS) is 28.4. The van der Waals surface area contributed by atoms with Crippen LogP contribution in [0.3, 0.4) is 0 Å². The molecule has 0 unspecified atom stereocenters. The highest BCUT2D eigenvalue weighted by Crippen LogP contribution is 2.33. The molecule has 4 aliphatic heterocycles. The third kappa shape index (κ3) is 4.04. The number of morpholine rings is 1. The average molecular weight is 429 g/mol. The molecule has 1 aromatic heterocycles. The summed E-state index contributed by atoms with van der Waals surface area (Å²) in [6.45, 7) is 7.80. The Morgan fingerprint density at radius 3 is 2.60 bits per heavy atom. The summed E-state index contributed by atoms with van der Waals surface area (Å²) in [6, 6.07) is 9.94. The Hall–Kier alpha value is -2.16. The van der Waals surface area contributed by atoms with Gasteiger partial charge < -0.3 is 19.7 Å². The lowest BCUT2D eigenvalue weighted by Crippen LogP contribution is -2.62. The van der Waals surface area contributed by atoms with E-state index in [9.17, 15) is 4.79 Å². The van der Waals surface area contributed by atoms with Crippen LogP contribution in [-0.4, -0.2) is 66.7 Å². The molecule has 0 aliphatic carbocycles. The molecule has 4 aliphatic rings. The number of piperidine rings is 3. The van der Waals surface area contributed by atoms with E-state index in [-0.39, 0.29) is 11.9 Å². The van der Waals surface area contributed by atoms with Gasteiger partial charge in [-0.05, 0) is 74.6 Å². The first kappa shape index (κ1) is 19.8. The topological polar surface area (TPSA) is 66.9 Å². The minimum Gasteiger partial charge on any atom is -0.438 e. The second kappa shape index (κ2) is 8.53. The van der Waals surface area contributed by atoms with E-state index in [1.54, 1.807) is 0 Å². The van der Waals surface area contributed by atoms with Crippen molar-refractivity contribution in [3.63, 3.8) is 0 Å².